The van der Waals surface area contributed by atoms with Crippen LogP contribution in [-0.2, 0) is 16.0 Å². The molecule has 160 valence electrons. The van der Waals surface area contributed by atoms with Crippen molar-refractivity contribution in [1.29, 1.82) is 0 Å². The van der Waals surface area contributed by atoms with E-state index in [0.29, 0.717) is 37.5 Å². The Hall–Kier alpha value is -3.34. The van der Waals surface area contributed by atoms with Gasteiger partial charge in [-0.15, -0.1) is 0 Å². The van der Waals surface area contributed by atoms with Gasteiger partial charge in [-0.05, 0) is 62.9 Å². The summed E-state index contributed by atoms with van der Waals surface area (Å²) >= 11 is 0. The van der Waals surface area contributed by atoms with Gasteiger partial charge in [-0.1, -0.05) is 42.5 Å². The molecule has 3 aromatic rings. The Balaban J connectivity index is 1.37. The van der Waals surface area contributed by atoms with Crippen molar-refractivity contribution in [2.24, 2.45) is 0 Å². The number of hydrogen-bond acceptors (Lipinski definition) is 5. The minimum absolute atomic E-state index is 0.261. The van der Waals surface area contributed by atoms with Crippen LogP contribution >= 0.6 is 0 Å². The molecule has 31 heavy (non-hydrogen) atoms. The SMILES string of the molecule is CCOC(=O)C1(Oc2ccc(C=CCc3nc(-c4ccccc4)oc3C)cc2)CCC1. The van der Waals surface area contributed by atoms with Crippen LogP contribution in [0.5, 0.6) is 5.75 Å². The second kappa shape index (κ2) is 9.21. The molecule has 4 rings (SSSR count). The van der Waals surface area contributed by atoms with Gasteiger partial charge in [0.05, 0.1) is 12.3 Å². The van der Waals surface area contributed by atoms with Crippen molar-refractivity contribution in [2.45, 2.75) is 45.1 Å². The van der Waals surface area contributed by atoms with Crippen LogP contribution in [0.1, 0.15) is 43.2 Å². The van der Waals surface area contributed by atoms with Gasteiger partial charge < -0.3 is 13.9 Å². The average molecular weight is 418 g/mol. The summed E-state index contributed by atoms with van der Waals surface area (Å²) < 4.78 is 17.0. The lowest BCUT2D eigenvalue weighted by atomic mass is 9.80. The molecule has 1 saturated carbocycles. The molecule has 1 aliphatic carbocycles. The third-order valence-electron chi connectivity index (χ3n) is 5.54. The molecule has 1 aromatic heterocycles. The highest BCUT2D eigenvalue weighted by molar-refractivity contribution is 5.81. The molecule has 0 radical (unpaired) electrons. The van der Waals surface area contributed by atoms with Crippen LogP contribution in [0.2, 0.25) is 0 Å². The van der Waals surface area contributed by atoms with Gasteiger partial charge in [0.25, 0.3) is 0 Å². The highest BCUT2D eigenvalue weighted by atomic mass is 16.6. The fourth-order valence-electron chi connectivity index (χ4n) is 3.61. The molecular formula is C26H27NO4. The zero-order valence-electron chi connectivity index (χ0n) is 18.0. The lowest BCUT2D eigenvalue weighted by Crippen LogP contribution is -2.51. The van der Waals surface area contributed by atoms with E-state index in [4.69, 9.17) is 13.9 Å². The first-order valence-corrected chi connectivity index (χ1v) is 10.7. The van der Waals surface area contributed by atoms with Gasteiger partial charge in [0.1, 0.15) is 11.5 Å². The summed E-state index contributed by atoms with van der Waals surface area (Å²) in [4.78, 5) is 16.9. The Morgan fingerprint density at radius 3 is 2.52 bits per heavy atom. The molecule has 0 N–H and O–H groups in total. The normalized spacial score (nSPS) is 14.9. The number of nitrogens with zero attached hydrogens (tertiary/aromatic N) is 1. The van der Waals surface area contributed by atoms with Crippen molar-refractivity contribution in [1.82, 2.24) is 4.98 Å². The number of benzene rings is 2. The molecule has 5 nitrogen and oxygen atoms in total. The van der Waals surface area contributed by atoms with Crippen LogP contribution in [0.3, 0.4) is 0 Å². The van der Waals surface area contributed by atoms with Crippen LogP contribution in [-0.4, -0.2) is 23.2 Å². The van der Waals surface area contributed by atoms with E-state index in [2.05, 4.69) is 11.1 Å². The maximum Gasteiger partial charge on any atom is 0.350 e. The number of carbonyl (C=O) groups is 1. The van der Waals surface area contributed by atoms with E-state index in [1.807, 2.05) is 74.5 Å². The summed E-state index contributed by atoms with van der Waals surface area (Å²) in [6.07, 6.45) is 7.19. The van der Waals surface area contributed by atoms with E-state index in [0.717, 1.165) is 29.0 Å². The summed E-state index contributed by atoms with van der Waals surface area (Å²) in [6, 6.07) is 17.7. The van der Waals surface area contributed by atoms with E-state index < -0.39 is 5.60 Å². The Morgan fingerprint density at radius 2 is 1.87 bits per heavy atom. The zero-order chi connectivity index (χ0) is 21.7. The van der Waals surface area contributed by atoms with Crippen molar-refractivity contribution >= 4 is 12.0 Å². The minimum Gasteiger partial charge on any atom is -0.476 e. The number of aromatic nitrogens is 1. The fraction of sp³-hybridized carbons (Fsp3) is 0.308. The van der Waals surface area contributed by atoms with Gasteiger partial charge in [-0.2, -0.15) is 0 Å². The van der Waals surface area contributed by atoms with Crippen molar-refractivity contribution in [3.8, 4) is 17.2 Å². The number of oxazole rings is 1. The molecule has 5 heteroatoms. The number of hydrogen-bond donors (Lipinski definition) is 0. The summed E-state index contributed by atoms with van der Waals surface area (Å²) in [5.74, 6) is 1.90. The molecule has 0 amide bonds. The second-order valence-corrected chi connectivity index (χ2v) is 7.73. The number of rotatable bonds is 8. The Labute approximate surface area is 182 Å². The zero-order valence-corrected chi connectivity index (χ0v) is 18.0. The lowest BCUT2D eigenvalue weighted by molar-refractivity contribution is -0.169. The van der Waals surface area contributed by atoms with E-state index >= 15 is 0 Å². The van der Waals surface area contributed by atoms with Crippen LogP contribution < -0.4 is 4.74 Å². The third-order valence-corrected chi connectivity index (χ3v) is 5.54. The van der Waals surface area contributed by atoms with E-state index in [1.54, 1.807) is 0 Å². The monoisotopic (exact) mass is 417 g/mol. The highest BCUT2D eigenvalue weighted by Gasteiger charge is 2.48. The molecule has 1 fully saturated rings. The molecule has 0 unspecified atom stereocenters. The van der Waals surface area contributed by atoms with E-state index in [1.165, 1.54) is 0 Å². The Kier molecular flexibility index (Phi) is 6.21. The van der Waals surface area contributed by atoms with Crippen molar-refractivity contribution in [3.05, 3.63) is 77.7 Å². The molecule has 1 heterocycles. The first-order chi connectivity index (χ1) is 15.1. The van der Waals surface area contributed by atoms with Crippen LogP contribution in [0.4, 0.5) is 0 Å². The van der Waals surface area contributed by atoms with Crippen LogP contribution in [0.15, 0.2) is 65.1 Å². The quantitative estimate of drug-likeness (QED) is 0.435. The first-order valence-electron chi connectivity index (χ1n) is 10.7. The van der Waals surface area contributed by atoms with Crippen molar-refractivity contribution < 1.29 is 18.7 Å². The standard InChI is InChI=1S/C26H27NO4/c1-3-29-25(28)26(17-8-18-26)31-22-15-13-20(14-16-22)9-7-12-23-19(2)30-24(27-23)21-10-5-4-6-11-21/h4-7,9-11,13-16H,3,8,12,17-18H2,1-2H3. The predicted octanol–water partition coefficient (Wildman–Crippen LogP) is 5.77. The van der Waals surface area contributed by atoms with Crippen LogP contribution in [0, 0.1) is 6.92 Å². The highest BCUT2D eigenvalue weighted by Crippen LogP contribution is 2.38. The van der Waals surface area contributed by atoms with Gasteiger partial charge in [-0.3, -0.25) is 0 Å². The van der Waals surface area contributed by atoms with E-state index in [-0.39, 0.29) is 5.97 Å². The summed E-state index contributed by atoms with van der Waals surface area (Å²) in [7, 11) is 0. The summed E-state index contributed by atoms with van der Waals surface area (Å²) in [6.45, 7) is 4.12. The van der Waals surface area contributed by atoms with E-state index in [9.17, 15) is 4.79 Å². The molecule has 2 aromatic carbocycles. The third kappa shape index (κ3) is 4.71. The van der Waals surface area contributed by atoms with Gasteiger partial charge in [0, 0.05) is 12.0 Å². The predicted molar refractivity (Wildman–Crippen MR) is 120 cm³/mol. The number of aryl methyl sites for hydroxylation is 1. The Bertz CT molecular complexity index is 1050. The molecule has 1 aliphatic rings. The number of carbonyl (C=O) groups excluding carboxylic acids is 1. The van der Waals surface area contributed by atoms with Crippen molar-refractivity contribution in [2.75, 3.05) is 6.61 Å². The summed E-state index contributed by atoms with van der Waals surface area (Å²) in [5, 5.41) is 0. The largest absolute Gasteiger partial charge is 0.476 e. The molecule has 0 bridgehead atoms. The second-order valence-electron chi connectivity index (χ2n) is 7.73. The molecule has 0 aliphatic heterocycles. The van der Waals surface area contributed by atoms with Crippen molar-refractivity contribution in [3.63, 3.8) is 0 Å². The smallest absolute Gasteiger partial charge is 0.350 e. The maximum absolute atomic E-state index is 12.2. The molecule has 0 spiro atoms. The molecule has 0 saturated heterocycles. The lowest BCUT2D eigenvalue weighted by Gasteiger charge is -2.39. The molecular weight excluding hydrogens is 390 g/mol. The number of allylic oxidation sites excluding steroid dienone is 1. The molecule has 0 atom stereocenters. The first kappa shape index (κ1) is 20.9. The van der Waals surface area contributed by atoms with Gasteiger partial charge in [-0.25, -0.2) is 9.78 Å². The van der Waals surface area contributed by atoms with Gasteiger partial charge >= 0.3 is 5.97 Å². The van der Waals surface area contributed by atoms with Gasteiger partial charge in [0.15, 0.2) is 0 Å². The fourth-order valence-corrected chi connectivity index (χ4v) is 3.61. The van der Waals surface area contributed by atoms with Gasteiger partial charge in [0.2, 0.25) is 11.5 Å². The number of esters is 1. The number of ether oxygens (including phenoxy) is 2. The summed E-state index contributed by atoms with van der Waals surface area (Å²) in [5.41, 5.74) is 2.14. The van der Waals surface area contributed by atoms with Crippen LogP contribution in [0.25, 0.3) is 17.5 Å². The average Bonchev–Trinajstić information content (AvgIpc) is 3.13. The Morgan fingerprint density at radius 1 is 1.13 bits per heavy atom. The minimum atomic E-state index is -0.811. The topological polar surface area (TPSA) is 61.6 Å². The maximum atomic E-state index is 12.2.